The summed E-state index contributed by atoms with van der Waals surface area (Å²) in [4.78, 5) is 0. The summed E-state index contributed by atoms with van der Waals surface area (Å²) >= 11 is 3.51. The molecule has 2 aliphatic heterocycles. The fourth-order valence-electron chi connectivity index (χ4n) is 6.20. The normalized spacial score (nSPS) is 16.1. The van der Waals surface area contributed by atoms with Gasteiger partial charge in [-0.3, -0.25) is 0 Å². The Kier molecular flexibility index (Phi) is 24.6. The molecule has 6 rings (SSSR count). The molecule has 4 aromatic carbocycles. The number of benzene rings is 4. The van der Waals surface area contributed by atoms with Crippen LogP contribution in [0.25, 0.3) is 0 Å². The van der Waals surface area contributed by atoms with Crippen molar-refractivity contribution in [2.24, 2.45) is 0 Å². The van der Waals surface area contributed by atoms with Gasteiger partial charge in [-0.1, -0.05) is 22.0 Å². The average Bonchev–Trinajstić information content (AvgIpc) is 3.66. The Bertz CT molecular complexity index is 2300. The van der Waals surface area contributed by atoms with E-state index in [-0.39, 0.29) is 26.2 Å². The molecule has 2 aliphatic rings. The molecule has 0 spiro atoms. The highest BCUT2D eigenvalue weighted by Gasteiger charge is 2.52. The summed E-state index contributed by atoms with van der Waals surface area (Å²) in [6.07, 6.45) is 0. The maximum atomic E-state index is 9.10. The third-order valence-electron chi connectivity index (χ3n) is 12.8. The van der Waals surface area contributed by atoms with Crippen molar-refractivity contribution in [2.45, 2.75) is 144 Å². The molecule has 16 nitrogen and oxygen atoms in total. The van der Waals surface area contributed by atoms with Gasteiger partial charge >= 0.3 is 14.1 Å². The van der Waals surface area contributed by atoms with Crippen molar-refractivity contribution in [3.63, 3.8) is 0 Å². The lowest BCUT2D eigenvalue weighted by Gasteiger charge is -2.32. The zero-order chi connectivity index (χ0) is 55.7. The van der Waals surface area contributed by atoms with Crippen molar-refractivity contribution in [1.29, 1.82) is 0 Å². The van der Waals surface area contributed by atoms with E-state index in [4.69, 9.17) is 83.9 Å². The van der Waals surface area contributed by atoms with Crippen molar-refractivity contribution >= 4 is 43.3 Å². The predicted molar refractivity (Wildman–Crippen MR) is 295 cm³/mol. The molecule has 4 aromatic rings. The van der Waals surface area contributed by atoms with Crippen LogP contribution in [-0.4, -0.2) is 121 Å². The topological polar surface area (TPSA) is 170 Å². The number of hydrogen-bond acceptors (Lipinski definition) is 16. The third kappa shape index (κ3) is 18.9. The molecule has 410 valence electrons. The van der Waals surface area contributed by atoms with Crippen molar-refractivity contribution in [1.82, 2.24) is 0 Å². The number of halogens is 1. The summed E-state index contributed by atoms with van der Waals surface area (Å²) in [6.45, 7) is 28.7. The first-order chi connectivity index (χ1) is 34.5. The lowest BCUT2D eigenvalue weighted by molar-refractivity contribution is -0.107. The van der Waals surface area contributed by atoms with E-state index in [0.29, 0.717) is 72.4 Å². The predicted octanol–water partition coefficient (Wildman–Crippen LogP) is 10.6. The number of methoxy groups -OCH3 is 4. The Balaban J connectivity index is 0.000000390. The SMILES string of the molecule is CC(C)(O)C(C)(C)O.CCOCOCc1cc(Oc2ccc(OC)c(OC)c2)ccc1B1OC(C)(C)C(C)(C)O1.CCOCOCc1cc(Oc2ccc(OC)c(OC)c2)ccc1Br.[2HH].[B]B1OC(C)(C)C(C)(C)O1. The molecule has 74 heavy (non-hydrogen) atoms. The number of aliphatic hydroxyl groups is 2. The van der Waals surface area contributed by atoms with Crippen LogP contribution < -0.4 is 33.9 Å². The third-order valence-corrected chi connectivity index (χ3v) is 13.6. The molecule has 0 aromatic heterocycles. The van der Waals surface area contributed by atoms with Gasteiger partial charge in [-0.25, -0.2) is 0 Å². The summed E-state index contributed by atoms with van der Waals surface area (Å²) in [5, 5.41) is 18.2. The summed E-state index contributed by atoms with van der Waals surface area (Å²) in [5.74, 6) is 5.18. The molecule has 2 saturated heterocycles. The fraction of sp³-hybridized carbons (Fsp3) is 0.556. The molecule has 0 unspecified atom stereocenters. The second kappa shape index (κ2) is 28.4. The van der Waals surface area contributed by atoms with Gasteiger partial charge in [0.2, 0.25) is 0 Å². The molecule has 0 bridgehead atoms. The Hall–Kier alpha value is -4.05. The minimum atomic E-state index is -1.01. The van der Waals surface area contributed by atoms with E-state index in [1.54, 1.807) is 80.4 Å². The van der Waals surface area contributed by atoms with Crippen LogP contribution in [-0.2, 0) is 50.8 Å². The second-order valence-corrected chi connectivity index (χ2v) is 21.0. The first kappa shape index (κ1) is 64.2. The maximum Gasteiger partial charge on any atom is 0.495 e. The van der Waals surface area contributed by atoms with E-state index in [1.807, 2.05) is 118 Å². The van der Waals surface area contributed by atoms with Crippen LogP contribution in [0.1, 0.15) is 109 Å². The van der Waals surface area contributed by atoms with Crippen LogP contribution in [0.5, 0.6) is 46.0 Å². The molecule has 0 saturated carbocycles. The summed E-state index contributed by atoms with van der Waals surface area (Å²) in [6, 6.07) is 22.3. The maximum absolute atomic E-state index is 9.10. The van der Waals surface area contributed by atoms with Gasteiger partial charge in [-0.05, 0) is 168 Å². The summed E-state index contributed by atoms with van der Waals surface area (Å²) in [5.41, 5.74) is -0.668. The van der Waals surface area contributed by atoms with Crippen LogP contribution in [0.2, 0.25) is 0 Å². The van der Waals surface area contributed by atoms with Gasteiger partial charge in [0.1, 0.15) is 44.3 Å². The molecule has 2 radical (unpaired) electrons. The molecule has 0 atom stereocenters. The van der Waals surface area contributed by atoms with Crippen molar-refractivity contribution < 1.29 is 77.6 Å². The highest BCUT2D eigenvalue weighted by atomic mass is 79.9. The highest BCUT2D eigenvalue weighted by molar-refractivity contribution is 9.10. The molecular weight excluding hydrogens is 1020 g/mol. The summed E-state index contributed by atoms with van der Waals surface area (Å²) in [7, 11) is 10.8. The van der Waals surface area contributed by atoms with E-state index < -0.39 is 36.5 Å². The lowest BCUT2D eigenvalue weighted by atomic mass is 9.63. The van der Waals surface area contributed by atoms with Crippen molar-refractivity contribution in [3.05, 3.63) is 88.4 Å². The van der Waals surface area contributed by atoms with E-state index >= 15 is 0 Å². The minimum absolute atomic E-state index is 0. The van der Waals surface area contributed by atoms with Gasteiger partial charge < -0.3 is 76.2 Å². The highest BCUT2D eigenvalue weighted by Crippen LogP contribution is 2.39. The zero-order valence-corrected chi connectivity index (χ0v) is 48.5. The number of rotatable bonds is 20. The van der Waals surface area contributed by atoms with Crippen molar-refractivity contribution in [3.8, 4) is 46.0 Å². The monoisotopic (exact) mass is 1100 g/mol. The van der Waals surface area contributed by atoms with Gasteiger partial charge in [0.05, 0.1) is 75.3 Å². The first-order valence-electron chi connectivity index (χ1n) is 24.4. The molecule has 2 fully saturated rings. The largest absolute Gasteiger partial charge is 0.495 e. The van der Waals surface area contributed by atoms with E-state index in [1.165, 1.54) is 0 Å². The van der Waals surface area contributed by atoms with Gasteiger partial charge in [-0.15, -0.1) is 0 Å². The number of hydrogen-bond donors (Lipinski definition) is 2. The van der Waals surface area contributed by atoms with Crippen molar-refractivity contribution in [2.75, 3.05) is 55.2 Å². The van der Waals surface area contributed by atoms with Crippen LogP contribution in [0.3, 0.4) is 0 Å². The van der Waals surface area contributed by atoms with Crippen LogP contribution >= 0.6 is 15.9 Å². The standard InChI is InChI=1S/C24H33BO7.C18H21BrO5.C6H12B2O2.C6H14O2.H2/c1-8-28-16-29-15-17-13-18(30-19-10-12-21(26-6)22(14-19)27-7)9-11-20(17)25-31-23(2,3)24(4,5)32-25;1-4-22-12-23-11-13-9-14(5-7-16(13)19)24-15-6-8-17(20-2)18(10-15)21-3;1-5(2)6(3,4)10-8(7)9-5;1-5(2,7)6(3,4)8;/h9-14H,8,15-16H2,1-7H3;5-10H,4,11-12H2,1-3H3;1-4H3;7-8H,1-4H3;1H/i;;;;1+1. The molecule has 2 N–H and O–H groups in total. The molecule has 2 heterocycles. The van der Waals surface area contributed by atoms with Crippen LogP contribution in [0, 0.1) is 0 Å². The summed E-state index contributed by atoms with van der Waals surface area (Å²) < 4.78 is 78.9. The van der Waals surface area contributed by atoms with Crippen LogP contribution in [0.4, 0.5) is 0 Å². The van der Waals surface area contributed by atoms with Gasteiger partial charge in [0, 0.05) is 31.2 Å². The smallest absolute Gasteiger partial charge is 0.493 e. The van der Waals surface area contributed by atoms with E-state index in [9.17, 15) is 0 Å². The first-order valence-corrected chi connectivity index (χ1v) is 25.2. The second-order valence-electron chi connectivity index (χ2n) is 20.1. The molecular formula is C54H82B3BrO16. The molecule has 20 heteroatoms. The Morgan fingerprint density at radius 3 is 1.23 bits per heavy atom. The Morgan fingerprint density at radius 1 is 0.514 bits per heavy atom. The Labute approximate surface area is 452 Å². The molecule has 0 aliphatic carbocycles. The van der Waals surface area contributed by atoms with E-state index in [2.05, 4.69) is 15.9 Å². The minimum Gasteiger partial charge on any atom is -0.493 e. The van der Waals surface area contributed by atoms with Crippen LogP contribution in [0.15, 0.2) is 77.3 Å². The van der Waals surface area contributed by atoms with E-state index in [0.717, 1.165) is 21.1 Å². The van der Waals surface area contributed by atoms with Gasteiger partial charge in [0.25, 0.3) is 0 Å². The number of ether oxygens (including phenoxy) is 10. The quantitative estimate of drug-likeness (QED) is 0.0486. The fourth-order valence-corrected chi connectivity index (χ4v) is 6.57. The zero-order valence-electron chi connectivity index (χ0n) is 46.9. The Morgan fingerprint density at radius 2 is 0.865 bits per heavy atom. The van der Waals surface area contributed by atoms with Gasteiger partial charge in [-0.2, -0.15) is 0 Å². The average molecular weight is 1100 g/mol. The van der Waals surface area contributed by atoms with Gasteiger partial charge in [0.15, 0.2) is 23.0 Å². The molecule has 0 amide bonds. The lowest BCUT2D eigenvalue weighted by Crippen LogP contribution is -2.44.